The van der Waals surface area contributed by atoms with Crippen molar-refractivity contribution in [1.29, 1.82) is 0 Å². The van der Waals surface area contributed by atoms with Gasteiger partial charge in [0.05, 0.1) is 0 Å². The molecule has 1 saturated carbocycles. The highest BCUT2D eigenvalue weighted by molar-refractivity contribution is 5.80. The van der Waals surface area contributed by atoms with Crippen LogP contribution in [0.2, 0.25) is 0 Å². The number of hydrogen-bond acceptors (Lipinski definition) is 2. The summed E-state index contributed by atoms with van der Waals surface area (Å²) >= 11 is 0. The van der Waals surface area contributed by atoms with Crippen LogP contribution in [0.1, 0.15) is 51.9 Å². The van der Waals surface area contributed by atoms with E-state index in [4.69, 9.17) is 0 Å². The van der Waals surface area contributed by atoms with E-state index in [1.54, 1.807) is 0 Å². The smallest absolute Gasteiger partial charge is 0.223 e. The summed E-state index contributed by atoms with van der Waals surface area (Å²) < 4.78 is 0. The average Bonchev–Trinajstić information content (AvgIpc) is 3.19. The zero-order valence-electron chi connectivity index (χ0n) is 11.1. The van der Waals surface area contributed by atoms with Crippen molar-refractivity contribution in [3.8, 4) is 0 Å². The van der Waals surface area contributed by atoms with Crippen LogP contribution in [0.5, 0.6) is 0 Å². The fourth-order valence-corrected chi connectivity index (χ4v) is 2.80. The van der Waals surface area contributed by atoms with E-state index in [1.165, 1.54) is 32.2 Å². The summed E-state index contributed by atoms with van der Waals surface area (Å²) in [6, 6.07) is 0.794. The van der Waals surface area contributed by atoms with E-state index in [1.807, 2.05) is 0 Å². The first-order valence-electron chi connectivity index (χ1n) is 7.33. The third kappa shape index (κ3) is 3.98. The topological polar surface area (TPSA) is 32.3 Å². The highest BCUT2D eigenvalue weighted by Crippen LogP contribution is 2.28. The predicted molar refractivity (Wildman–Crippen MR) is 69.9 cm³/mol. The summed E-state index contributed by atoms with van der Waals surface area (Å²) in [5.74, 6) is 0.643. The molecule has 2 rings (SSSR count). The van der Waals surface area contributed by atoms with Crippen molar-refractivity contribution in [2.24, 2.45) is 5.92 Å². The summed E-state index contributed by atoms with van der Waals surface area (Å²) in [5, 5.41) is 3.05. The zero-order valence-corrected chi connectivity index (χ0v) is 11.1. The van der Waals surface area contributed by atoms with Crippen LogP contribution in [0.4, 0.5) is 0 Å². The van der Waals surface area contributed by atoms with Gasteiger partial charge >= 0.3 is 0 Å². The molecule has 98 valence electrons. The van der Waals surface area contributed by atoms with Crippen LogP contribution in [0.3, 0.4) is 0 Å². The normalized spacial score (nSPS) is 25.8. The molecule has 1 aliphatic heterocycles. The van der Waals surface area contributed by atoms with E-state index in [-0.39, 0.29) is 5.91 Å². The van der Waals surface area contributed by atoms with Crippen LogP contribution >= 0.6 is 0 Å². The molecule has 2 aliphatic rings. The maximum Gasteiger partial charge on any atom is 0.223 e. The number of carbonyl (C=O) groups excluding carboxylic acids is 1. The fourth-order valence-electron chi connectivity index (χ4n) is 2.80. The van der Waals surface area contributed by atoms with Gasteiger partial charge in [-0.15, -0.1) is 0 Å². The Bertz CT molecular complexity index is 251. The molecule has 3 nitrogen and oxygen atoms in total. The molecule has 0 radical (unpaired) electrons. The molecule has 0 aromatic rings. The van der Waals surface area contributed by atoms with E-state index in [0.29, 0.717) is 5.92 Å². The Kier molecular flexibility index (Phi) is 4.84. The van der Waals surface area contributed by atoms with E-state index in [9.17, 15) is 4.79 Å². The molecule has 2 fully saturated rings. The molecule has 0 bridgehead atoms. The minimum absolute atomic E-state index is 0.288. The van der Waals surface area contributed by atoms with Crippen LogP contribution < -0.4 is 5.32 Å². The van der Waals surface area contributed by atoms with Crippen LogP contribution in [0, 0.1) is 5.92 Å². The van der Waals surface area contributed by atoms with Gasteiger partial charge in [-0.25, -0.2) is 0 Å². The molecule has 0 aromatic heterocycles. The van der Waals surface area contributed by atoms with Gasteiger partial charge in [-0.2, -0.15) is 0 Å². The van der Waals surface area contributed by atoms with Crippen LogP contribution in [-0.4, -0.2) is 36.5 Å². The number of amides is 1. The SMILES string of the molecule is CC[C@H]1CCCCN1CCCNC(=O)C1CC1. The van der Waals surface area contributed by atoms with E-state index in [2.05, 4.69) is 17.1 Å². The lowest BCUT2D eigenvalue weighted by atomic mass is 10.00. The lowest BCUT2D eigenvalue weighted by Crippen LogP contribution is -2.40. The maximum absolute atomic E-state index is 11.5. The molecule has 3 heteroatoms. The largest absolute Gasteiger partial charge is 0.356 e. The first kappa shape index (κ1) is 12.9. The number of nitrogens with zero attached hydrogens (tertiary/aromatic N) is 1. The minimum atomic E-state index is 0.288. The first-order valence-corrected chi connectivity index (χ1v) is 7.33. The average molecular weight is 238 g/mol. The van der Waals surface area contributed by atoms with Crippen molar-refractivity contribution in [1.82, 2.24) is 10.2 Å². The zero-order chi connectivity index (χ0) is 12.1. The second-order valence-electron chi connectivity index (χ2n) is 5.51. The molecule has 1 aliphatic carbocycles. The van der Waals surface area contributed by atoms with Crippen LogP contribution in [-0.2, 0) is 4.79 Å². The Balaban J connectivity index is 1.58. The van der Waals surface area contributed by atoms with Gasteiger partial charge in [0.25, 0.3) is 0 Å². The quantitative estimate of drug-likeness (QED) is 0.719. The number of hydrogen-bond donors (Lipinski definition) is 1. The Morgan fingerprint density at radius 3 is 2.82 bits per heavy atom. The van der Waals surface area contributed by atoms with Gasteiger partial charge in [0.2, 0.25) is 5.91 Å². The summed E-state index contributed by atoms with van der Waals surface area (Å²) in [7, 11) is 0. The summed E-state index contributed by atoms with van der Waals surface area (Å²) in [6.45, 7) is 5.57. The van der Waals surface area contributed by atoms with Crippen molar-refractivity contribution in [3.63, 3.8) is 0 Å². The van der Waals surface area contributed by atoms with Crippen molar-refractivity contribution < 1.29 is 4.79 Å². The van der Waals surface area contributed by atoms with Gasteiger partial charge in [-0.1, -0.05) is 13.3 Å². The molecule has 0 unspecified atom stereocenters. The molecular weight excluding hydrogens is 212 g/mol. The third-order valence-electron chi connectivity index (χ3n) is 4.09. The second kappa shape index (κ2) is 6.39. The minimum Gasteiger partial charge on any atom is -0.356 e. The Morgan fingerprint density at radius 2 is 2.12 bits per heavy atom. The predicted octanol–water partition coefficient (Wildman–Crippen LogP) is 2.17. The van der Waals surface area contributed by atoms with Gasteiger partial charge in [0.1, 0.15) is 0 Å². The molecule has 1 atom stereocenters. The number of piperidine rings is 1. The molecule has 1 N–H and O–H groups in total. The third-order valence-corrected chi connectivity index (χ3v) is 4.09. The molecule has 1 amide bonds. The summed E-state index contributed by atoms with van der Waals surface area (Å²) in [5.41, 5.74) is 0. The summed E-state index contributed by atoms with van der Waals surface area (Å²) in [4.78, 5) is 14.1. The fraction of sp³-hybridized carbons (Fsp3) is 0.929. The Morgan fingerprint density at radius 1 is 1.29 bits per heavy atom. The van der Waals surface area contributed by atoms with Crippen molar-refractivity contribution in [3.05, 3.63) is 0 Å². The highest BCUT2D eigenvalue weighted by atomic mass is 16.2. The Hall–Kier alpha value is -0.570. The van der Waals surface area contributed by atoms with Gasteiger partial charge < -0.3 is 10.2 Å². The van der Waals surface area contributed by atoms with Crippen LogP contribution in [0.15, 0.2) is 0 Å². The molecular formula is C14H26N2O. The molecule has 17 heavy (non-hydrogen) atoms. The first-order chi connectivity index (χ1) is 8.31. The molecule has 0 spiro atoms. The highest BCUT2D eigenvalue weighted by Gasteiger charge is 2.29. The van der Waals surface area contributed by atoms with Gasteiger partial charge in [-0.05, 0) is 45.1 Å². The molecule has 1 heterocycles. The lowest BCUT2D eigenvalue weighted by Gasteiger charge is -2.35. The monoisotopic (exact) mass is 238 g/mol. The molecule has 1 saturated heterocycles. The van der Waals surface area contributed by atoms with Crippen molar-refractivity contribution in [2.45, 2.75) is 57.9 Å². The lowest BCUT2D eigenvalue weighted by molar-refractivity contribution is -0.122. The van der Waals surface area contributed by atoms with Crippen LogP contribution in [0.25, 0.3) is 0 Å². The maximum atomic E-state index is 11.5. The van der Waals surface area contributed by atoms with Gasteiger partial charge in [0.15, 0.2) is 0 Å². The number of rotatable bonds is 6. The standard InChI is InChI=1S/C14H26N2O/c1-2-13-6-3-4-10-16(13)11-5-9-15-14(17)12-7-8-12/h12-13H,2-11H2,1H3,(H,15,17)/t13-/m0/s1. The van der Waals surface area contributed by atoms with Gasteiger partial charge in [-0.3, -0.25) is 4.79 Å². The van der Waals surface area contributed by atoms with Crippen molar-refractivity contribution in [2.75, 3.05) is 19.6 Å². The van der Waals surface area contributed by atoms with Gasteiger partial charge in [0, 0.05) is 25.0 Å². The van der Waals surface area contributed by atoms with E-state index < -0.39 is 0 Å². The number of nitrogens with one attached hydrogen (secondary N) is 1. The van der Waals surface area contributed by atoms with E-state index >= 15 is 0 Å². The van der Waals surface area contributed by atoms with Crippen molar-refractivity contribution >= 4 is 5.91 Å². The Labute approximate surface area is 105 Å². The summed E-state index contributed by atoms with van der Waals surface area (Å²) in [6.07, 6.45) is 8.71. The number of carbonyl (C=O) groups is 1. The van der Waals surface area contributed by atoms with E-state index in [0.717, 1.165) is 38.4 Å². The number of likely N-dealkylation sites (tertiary alicyclic amines) is 1. The molecule has 0 aromatic carbocycles. The second-order valence-corrected chi connectivity index (χ2v) is 5.51.